The molecule has 1 aromatic carbocycles. The molecule has 90 valence electrons. The summed E-state index contributed by atoms with van der Waals surface area (Å²) in [6.45, 7) is 3.19. The van der Waals surface area contributed by atoms with E-state index in [0.717, 1.165) is 31.4 Å². The Morgan fingerprint density at radius 1 is 1.44 bits per heavy atom. The molecule has 1 rings (SSSR count). The molecular formula is C13H20FNO. The third-order valence-corrected chi connectivity index (χ3v) is 2.59. The van der Waals surface area contributed by atoms with Gasteiger partial charge in [-0.25, -0.2) is 4.39 Å². The van der Waals surface area contributed by atoms with E-state index < -0.39 is 0 Å². The molecule has 0 aliphatic heterocycles. The molecule has 0 saturated heterocycles. The molecule has 0 saturated carbocycles. The molecular weight excluding hydrogens is 205 g/mol. The number of aliphatic hydroxyl groups excluding tert-OH is 1. The Balaban J connectivity index is 2.20. The van der Waals surface area contributed by atoms with Crippen molar-refractivity contribution in [2.24, 2.45) is 0 Å². The summed E-state index contributed by atoms with van der Waals surface area (Å²) >= 11 is 0. The fourth-order valence-electron chi connectivity index (χ4n) is 1.65. The third kappa shape index (κ3) is 5.24. The molecule has 2 nitrogen and oxygen atoms in total. The summed E-state index contributed by atoms with van der Waals surface area (Å²) in [6.07, 6.45) is 2.63. The summed E-state index contributed by atoms with van der Waals surface area (Å²) in [4.78, 5) is 0. The SMILES string of the molecule is CC(CCCO)NCCc1cccc(F)c1. The lowest BCUT2D eigenvalue weighted by Gasteiger charge is -2.12. The minimum Gasteiger partial charge on any atom is -0.396 e. The van der Waals surface area contributed by atoms with Crippen molar-refractivity contribution in [2.45, 2.75) is 32.2 Å². The summed E-state index contributed by atoms with van der Waals surface area (Å²) in [5.41, 5.74) is 1.02. The fraction of sp³-hybridized carbons (Fsp3) is 0.538. The van der Waals surface area contributed by atoms with Crippen LogP contribution in [0, 0.1) is 5.82 Å². The fourth-order valence-corrected chi connectivity index (χ4v) is 1.65. The van der Waals surface area contributed by atoms with Crippen LogP contribution < -0.4 is 5.32 Å². The van der Waals surface area contributed by atoms with Crippen molar-refractivity contribution in [2.75, 3.05) is 13.2 Å². The molecule has 1 unspecified atom stereocenters. The van der Waals surface area contributed by atoms with E-state index in [1.807, 2.05) is 6.07 Å². The Morgan fingerprint density at radius 2 is 2.25 bits per heavy atom. The highest BCUT2D eigenvalue weighted by Crippen LogP contribution is 2.04. The second kappa shape index (κ2) is 7.36. The van der Waals surface area contributed by atoms with E-state index in [1.54, 1.807) is 12.1 Å². The minimum atomic E-state index is -0.175. The van der Waals surface area contributed by atoms with Crippen molar-refractivity contribution in [1.82, 2.24) is 5.32 Å². The molecule has 0 bridgehead atoms. The van der Waals surface area contributed by atoms with Crippen LogP contribution in [0.25, 0.3) is 0 Å². The zero-order valence-corrected chi connectivity index (χ0v) is 9.75. The van der Waals surface area contributed by atoms with Crippen LogP contribution in [0.15, 0.2) is 24.3 Å². The number of hydrogen-bond donors (Lipinski definition) is 2. The van der Waals surface area contributed by atoms with Gasteiger partial charge in [-0.15, -0.1) is 0 Å². The minimum absolute atomic E-state index is 0.175. The second-order valence-electron chi connectivity index (χ2n) is 4.10. The zero-order chi connectivity index (χ0) is 11.8. The lowest BCUT2D eigenvalue weighted by Crippen LogP contribution is -2.28. The number of benzene rings is 1. The quantitative estimate of drug-likeness (QED) is 0.745. The van der Waals surface area contributed by atoms with Gasteiger partial charge in [0.05, 0.1) is 0 Å². The molecule has 3 heteroatoms. The van der Waals surface area contributed by atoms with Crippen LogP contribution in [-0.2, 0) is 6.42 Å². The maximum absolute atomic E-state index is 12.9. The molecule has 1 atom stereocenters. The highest BCUT2D eigenvalue weighted by atomic mass is 19.1. The Morgan fingerprint density at radius 3 is 2.94 bits per heavy atom. The molecule has 1 aromatic rings. The topological polar surface area (TPSA) is 32.3 Å². The van der Waals surface area contributed by atoms with Crippen LogP contribution >= 0.6 is 0 Å². The molecule has 0 heterocycles. The molecule has 0 aromatic heterocycles. The van der Waals surface area contributed by atoms with Crippen LogP contribution in [0.5, 0.6) is 0 Å². The molecule has 0 spiro atoms. The first-order valence-corrected chi connectivity index (χ1v) is 5.81. The number of hydrogen-bond acceptors (Lipinski definition) is 2. The van der Waals surface area contributed by atoms with Gasteiger partial charge in [0.15, 0.2) is 0 Å². The first-order valence-electron chi connectivity index (χ1n) is 5.81. The van der Waals surface area contributed by atoms with E-state index in [1.165, 1.54) is 6.07 Å². The number of rotatable bonds is 7. The second-order valence-corrected chi connectivity index (χ2v) is 4.10. The maximum atomic E-state index is 12.9. The van der Waals surface area contributed by atoms with Gasteiger partial charge in [0.1, 0.15) is 5.82 Å². The Labute approximate surface area is 96.5 Å². The average Bonchev–Trinajstić information content (AvgIpc) is 2.26. The van der Waals surface area contributed by atoms with Crippen LogP contribution in [0.1, 0.15) is 25.3 Å². The summed E-state index contributed by atoms with van der Waals surface area (Å²) in [5.74, 6) is -0.175. The predicted molar refractivity (Wildman–Crippen MR) is 63.9 cm³/mol. The van der Waals surface area contributed by atoms with E-state index in [9.17, 15) is 4.39 Å². The molecule has 0 aliphatic rings. The van der Waals surface area contributed by atoms with Gasteiger partial charge < -0.3 is 10.4 Å². The molecule has 16 heavy (non-hydrogen) atoms. The van der Waals surface area contributed by atoms with Gasteiger partial charge >= 0.3 is 0 Å². The van der Waals surface area contributed by atoms with Crippen molar-refractivity contribution < 1.29 is 9.50 Å². The third-order valence-electron chi connectivity index (χ3n) is 2.59. The van der Waals surface area contributed by atoms with Gasteiger partial charge in [-0.2, -0.15) is 0 Å². The maximum Gasteiger partial charge on any atom is 0.123 e. The molecule has 0 fully saturated rings. The van der Waals surface area contributed by atoms with Gasteiger partial charge in [-0.3, -0.25) is 0 Å². The van der Waals surface area contributed by atoms with Gasteiger partial charge in [-0.05, 0) is 50.4 Å². The van der Waals surface area contributed by atoms with Crippen LogP contribution in [-0.4, -0.2) is 24.3 Å². The van der Waals surface area contributed by atoms with Crippen molar-refractivity contribution in [3.8, 4) is 0 Å². The highest BCUT2D eigenvalue weighted by molar-refractivity contribution is 5.16. The zero-order valence-electron chi connectivity index (χ0n) is 9.75. The molecule has 2 N–H and O–H groups in total. The first kappa shape index (κ1) is 13.1. The van der Waals surface area contributed by atoms with Gasteiger partial charge in [0.2, 0.25) is 0 Å². The van der Waals surface area contributed by atoms with Crippen LogP contribution in [0.3, 0.4) is 0 Å². The highest BCUT2D eigenvalue weighted by Gasteiger charge is 2.00. The van der Waals surface area contributed by atoms with Crippen molar-refractivity contribution in [3.63, 3.8) is 0 Å². The summed E-state index contributed by atoms with van der Waals surface area (Å²) < 4.78 is 12.9. The Bertz CT molecular complexity index is 304. The van der Waals surface area contributed by atoms with Crippen molar-refractivity contribution in [3.05, 3.63) is 35.6 Å². The van der Waals surface area contributed by atoms with Crippen molar-refractivity contribution >= 4 is 0 Å². The smallest absolute Gasteiger partial charge is 0.123 e. The lowest BCUT2D eigenvalue weighted by atomic mass is 10.1. The Hall–Kier alpha value is -0.930. The molecule has 0 amide bonds. The standard InChI is InChI=1S/C13H20FNO/c1-11(4-3-9-16)15-8-7-12-5-2-6-13(14)10-12/h2,5-6,10-11,15-16H,3-4,7-9H2,1H3. The van der Waals surface area contributed by atoms with E-state index in [4.69, 9.17) is 5.11 Å². The lowest BCUT2D eigenvalue weighted by molar-refractivity contribution is 0.276. The van der Waals surface area contributed by atoms with E-state index in [2.05, 4.69) is 12.2 Å². The van der Waals surface area contributed by atoms with Crippen LogP contribution in [0.4, 0.5) is 4.39 Å². The average molecular weight is 225 g/mol. The van der Waals surface area contributed by atoms with E-state index >= 15 is 0 Å². The summed E-state index contributed by atoms with van der Waals surface area (Å²) in [5, 5.41) is 12.0. The number of nitrogens with one attached hydrogen (secondary N) is 1. The van der Waals surface area contributed by atoms with Gasteiger partial charge in [-0.1, -0.05) is 12.1 Å². The van der Waals surface area contributed by atoms with Gasteiger partial charge in [0, 0.05) is 12.6 Å². The predicted octanol–water partition coefficient (Wildman–Crippen LogP) is 2.12. The van der Waals surface area contributed by atoms with E-state index in [0.29, 0.717) is 6.04 Å². The molecule has 0 aliphatic carbocycles. The monoisotopic (exact) mass is 225 g/mol. The van der Waals surface area contributed by atoms with E-state index in [-0.39, 0.29) is 12.4 Å². The Kier molecular flexibility index (Phi) is 6.04. The summed E-state index contributed by atoms with van der Waals surface area (Å²) in [6, 6.07) is 7.10. The normalized spacial score (nSPS) is 12.7. The molecule has 0 radical (unpaired) electrons. The number of halogens is 1. The first-order chi connectivity index (χ1) is 7.72. The van der Waals surface area contributed by atoms with Gasteiger partial charge in [0.25, 0.3) is 0 Å². The largest absolute Gasteiger partial charge is 0.396 e. The number of aliphatic hydroxyl groups is 1. The van der Waals surface area contributed by atoms with Crippen molar-refractivity contribution in [1.29, 1.82) is 0 Å². The van der Waals surface area contributed by atoms with Crippen LogP contribution in [0.2, 0.25) is 0 Å². The summed E-state index contributed by atoms with van der Waals surface area (Å²) in [7, 11) is 0.